The van der Waals surface area contributed by atoms with Crippen LogP contribution in [0.1, 0.15) is 19.8 Å². The van der Waals surface area contributed by atoms with Gasteiger partial charge in [0.25, 0.3) is 0 Å². The number of aliphatic carboxylic acids is 1. The maximum Gasteiger partial charge on any atom is 0.322 e. The summed E-state index contributed by atoms with van der Waals surface area (Å²) in [5.41, 5.74) is 0. The zero-order chi connectivity index (χ0) is 7.98. The summed E-state index contributed by atoms with van der Waals surface area (Å²) in [6, 6.07) is 0. The quantitative estimate of drug-likeness (QED) is 0.639. The number of nitrogens with one attached hydrogen (secondary N) is 1. The first kappa shape index (κ1) is 13.1. The number of hydrogen-bond donors (Lipinski definition) is 2. The van der Waals surface area contributed by atoms with Crippen LogP contribution in [0.5, 0.6) is 0 Å². The van der Waals surface area contributed by atoms with Gasteiger partial charge in [0.05, 0.1) is 0 Å². The van der Waals surface area contributed by atoms with Crippen molar-refractivity contribution in [3.8, 4) is 0 Å². The van der Waals surface area contributed by atoms with Crippen LogP contribution in [0.3, 0.4) is 0 Å². The van der Waals surface area contributed by atoms with Gasteiger partial charge >= 0.3 is 5.97 Å². The van der Waals surface area contributed by atoms with Crippen LogP contribution in [0.2, 0.25) is 0 Å². The summed E-state index contributed by atoms with van der Waals surface area (Å²) < 4.78 is 0. The third kappa shape index (κ3) is 9.46. The fourth-order valence-corrected chi connectivity index (χ4v) is 0.490. The summed E-state index contributed by atoms with van der Waals surface area (Å²) in [4.78, 5) is 20.5. The molecule has 0 aromatic heterocycles. The van der Waals surface area contributed by atoms with Crippen LogP contribution in [0.15, 0.2) is 0 Å². The Hall–Kier alpha value is -0.541. The average Bonchev–Trinajstić information content (AvgIpc) is 1.85. The van der Waals surface area contributed by atoms with E-state index in [-0.39, 0.29) is 29.5 Å². The fraction of sp³-hybridized carbons (Fsp3) is 0.667. The number of amides is 1. The molecule has 0 atom stereocenters. The monoisotopic (exact) mass is 208 g/mol. The molecule has 0 heterocycles. The maximum absolute atomic E-state index is 10.6. The third-order valence-corrected chi connectivity index (χ3v) is 0.914. The normalized spacial score (nSPS) is 8.09. The number of carbonyl (C=O) groups is 2. The van der Waals surface area contributed by atoms with Crippen molar-refractivity contribution < 1.29 is 31.8 Å². The Morgan fingerprint density at radius 2 is 2.00 bits per heavy atom. The molecule has 0 saturated carbocycles. The molecule has 2 N–H and O–H groups in total. The molecular weight excluding hydrogens is 198 g/mol. The molecule has 0 unspecified atom stereocenters. The van der Waals surface area contributed by atoms with Crippen molar-refractivity contribution in [1.82, 2.24) is 5.32 Å². The van der Waals surface area contributed by atoms with E-state index in [1.807, 2.05) is 6.92 Å². The molecule has 0 aromatic carbocycles. The van der Waals surface area contributed by atoms with Gasteiger partial charge < -0.3 is 10.4 Å². The Balaban J connectivity index is 0. The van der Waals surface area contributed by atoms with Crippen molar-refractivity contribution in [2.75, 3.05) is 6.54 Å². The number of carboxylic acid groups (broad SMARTS) is 1. The molecular formula is C6H11CuNO3. The summed E-state index contributed by atoms with van der Waals surface area (Å²) in [7, 11) is 0. The predicted molar refractivity (Wildman–Crippen MR) is 35.6 cm³/mol. The first-order valence-corrected chi connectivity index (χ1v) is 3.15. The van der Waals surface area contributed by atoms with Gasteiger partial charge in [-0.15, -0.1) is 0 Å². The van der Waals surface area contributed by atoms with Gasteiger partial charge in [-0.25, -0.2) is 0 Å². The third-order valence-electron chi connectivity index (χ3n) is 0.914. The second-order valence-corrected chi connectivity index (χ2v) is 1.92. The SMILES string of the molecule is CCCC(=O)NCC(=O)O.[Cu]. The van der Waals surface area contributed by atoms with Gasteiger partial charge in [0, 0.05) is 23.5 Å². The van der Waals surface area contributed by atoms with Crippen molar-refractivity contribution >= 4 is 11.9 Å². The molecule has 1 radical (unpaired) electrons. The molecule has 0 aliphatic carbocycles. The van der Waals surface area contributed by atoms with Crippen LogP contribution in [0.25, 0.3) is 0 Å². The van der Waals surface area contributed by atoms with Crippen LogP contribution in [0, 0.1) is 0 Å². The van der Waals surface area contributed by atoms with E-state index in [9.17, 15) is 9.59 Å². The van der Waals surface area contributed by atoms with Crippen LogP contribution in [-0.4, -0.2) is 23.5 Å². The van der Waals surface area contributed by atoms with E-state index in [1.165, 1.54) is 0 Å². The topological polar surface area (TPSA) is 66.4 Å². The van der Waals surface area contributed by atoms with E-state index < -0.39 is 5.97 Å². The zero-order valence-corrected chi connectivity index (χ0v) is 7.13. The first-order chi connectivity index (χ1) is 4.66. The number of carbonyl (C=O) groups excluding carboxylic acids is 1. The average molecular weight is 209 g/mol. The van der Waals surface area contributed by atoms with E-state index in [0.29, 0.717) is 6.42 Å². The van der Waals surface area contributed by atoms with E-state index in [0.717, 1.165) is 6.42 Å². The number of carboxylic acids is 1. The molecule has 0 fully saturated rings. The van der Waals surface area contributed by atoms with Gasteiger partial charge in [-0.05, 0) is 6.42 Å². The van der Waals surface area contributed by atoms with Gasteiger partial charge in [0.15, 0.2) is 0 Å². The smallest absolute Gasteiger partial charge is 0.322 e. The van der Waals surface area contributed by atoms with Crippen molar-refractivity contribution in [1.29, 1.82) is 0 Å². The second kappa shape index (κ2) is 7.57. The van der Waals surface area contributed by atoms with Crippen LogP contribution in [0.4, 0.5) is 0 Å². The van der Waals surface area contributed by atoms with Crippen molar-refractivity contribution in [2.24, 2.45) is 0 Å². The summed E-state index contributed by atoms with van der Waals surface area (Å²) in [6.45, 7) is 1.58. The van der Waals surface area contributed by atoms with E-state index in [1.54, 1.807) is 0 Å². The van der Waals surface area contributed by atoms with E-state index >= 15 is 0 Å². The molecule has 0 aliphatic rings. The molecule has 11 heavy (non-hydrogen) atoms. The summed E-state index contributed by atoms with van der Waals surface area (Å²) in [6.07, 6.45) is 1.14. The van der Waals surface area contributed by atoms with E-state index in [4.69, 9.17) is 5.11 Å². The van der Waals surface area contributed by atoms with Gasteiger partial charge in [-0.3, -0.25) is 9.59 Å². The second-order valence-electron chi connectivity index (χ2n) is 1.92. The van der Waals surface area contributed by atoms with Crippen LogP contribution >= 0.6 is 0 Å². The Bertz CT molecular complexity index is 138. The molecule has 5 heteroatoms. The molecule has 0 bridgehead atoms. The molecule has 69 valence electrons. The minimum Gasteiger partial charge on any atom is -0.480 e. The number of rotatable bonds is 4. The maximum atomic E-state index is 10.6. The molecule has 0 aromatic rings. The van der Waals surface area contributed by atoms with Crippen molar-refractivity contribution in [2.45, 2.75) is 19.8 Å². The molecule has 4 nitrogen and oxygen atoms in total. The van der Waals surface area contributed by atoms with Crippen molar-refractivity contribution in [3.63, 3.8) is 0 Å². The Kier molecular flexibility index (Phi) is 8.99. The summed E-state index contributed by atoms with van der Waals surface area (Å²) in [5.74, 6) is -1.21. The molecule has 0 spiro atoms. The Labute approximate surface area is 75.8 Å². The molecule has 0 rings (SSSR count). The predicted octanol–water partition coefficient (Wildman–Crippen LogP) is -0.0152. The van der Waals surface area contributed by atoms with Crippen molar-refractivity contribution in [3.05, 3.63) is 0 Å². The van der Waals surface area contributed by atoms with E-state index in [2.05, 4.69) is 5.32 Å². The minimum atomic E-state index is -1.01. The van der Waals surface area contributed by atoms with Gasteiger partial charge in [-0.2, -0.15) is 0 Å². The first-order valence-electron chi connectivity index (χ1n) is 3.15. The van der Waals surface area contributed by atoms with Gasteiger partial charge in [-0.1, -0.05) is 6.92 Å². The summed E-state index contributed by atoms with van der Waals surface area (Å²) >= 11 is 0. The zero-order valence-electron chi connectivity index (χ0n) is 6.19. The minimum absolute atomic E-state index is 0. The molecule has 0 saturated heterocycles. The fourth-order valence-electron chi connectivity index (χ4n) is 0.490. The largest absolute Gasteiger partial charge is 0.480 e. The Morgan fingerprint density at radius 3 is 2.36 bits per heavy atom. The summed E-state index contributed by atoms with van der Waals surface area (Å²) in [5, 5.41) is 10.4. The van der Waals surface area contributed by atoms with Gasteiger partial charge in [0.2, 0.25) is 5.91 Å². The molecule has 1 amide bonds. The van der Waals surface area contributed by atoms with Gasteiger partial charge in [0.1, 0.15) is 6.54 Å². The van der Waals surface area contributed by atoms with Crippen LogP contribution < -0.4 is 5.32 Å². The number of hydrogen-bond acceptors (Lipinski definition) is 2. The van der Waals surface area contributed by atoms with Crippen LogP contribution in [-0.2, 0) is 26.7 Å². The standard InChI is InChI=1S/C6H11NO3.Cu/c1-2-3-5(8)7-4-6(9)10;/h2-4H2,1H3,(H,7,8)(H,9,10);. The Morgan fingerprint density at radius 1 is 1.45 bits per heavy atom. The molecule has 0 aliphatic heterocycles.